The first-order chi connectivity index (χ1) is 11.3. The summed E-state index contributed by atoms with van der Waals surface area (Å²) in [4.78, 5) is 11.8. The highest BCUT2D eigenvalue weighted by Crippen LogP contribution is 2.15. The molecule has 126 valence electrons. The van der Waals surface area contributed by atoms with Crippen LogP contribution in [0.4, 0.5) is 11.4 Å². The Morgan fingerprint density at radius 3 is 2.04 bits per heavy atom. The first kappa shape index (κ1) is 17.9. The number of carbonyl (C=O) groups excluding carboxylic acids is 1. The molecule has 2 aromatic rings. The second-order valence-electron chi connectivity index (χ2n) is 5.99. The van der Waals surface area contributed by atoms with Crippen LogP contribution in [0.3, 0.4) is 0 Å². The molecule has 0 saturated heterocycles. The fourth-order valence-corrected chi connectivity index (χ4v) is 2.55. The minimum absolute atomic E-state index is 0.134. The molecule has 2 rings (SSSR count). The van der Waals surface area contributed by atoms with Gasteiger partial charge in [0.25, 0.3) is 0 Å². The van der Waals surface area contributed by atoms with E-state index in [2.05, 4.69) is 16.7 Å². The molecule has 5 heteroatoms. The van der Waals surface area contributed by atoms with E-state index in [0.717, 1.165) is 11.4 Å². The van der Waals surface area contributed by atoms with E-state index in [1.807, 2.05) is 39.8 Å². The maximum Gasteiger partial charge on any atom is 0.338 e. The molecule has 0 aliphatic carbocycles. The van der Waals surface area contributed by atoms with Crippen LogP contribution in [0.15, 0.2) is 42.5 Å². The summed E-state index contributed by atoms with van der Waals surface area (Å²) in [5, 5.41) is 6.77. The fraction of sp³-hybridized carbons (Fsp3) is 0.263. The fourth-order valence-electron chi connectivity index (χ4n) is 2.31. The molecule has 0 aromatic heterocycles. The molecule has 0 saturated carbocycles. The van der Waals surface area contributed by atoms with Gasteiger partial charge in [-0.05, 0) is 87.4 Å². The van der Waals surface area contributed by atoms with Crippen molar-refractivity contribution in [2.75, 3.05) is 10.6 Å². The number of nitrogens with one attached hydrogen (secondary N) is 2. The monoisotopic (exact) mass is 342 g/mol. The van der Waals surface area contributed by atoms with E-state index >= 15 is 0 Å². The van der Waals surface area contributed by atoms with Crippen molar-refractivity contribution in [3.05, 3.63) is 59.2 Å². The first-order valence-corrected chi connectivity index (χ1v) is 8.21. The third-order valence-corrected chi connectivity index (χ3v) is 3.40. The molecule has 0 aliphatic rings. The Labute approximate surface area is 148 Å². The quantitative estimate of drug-likeness (QED) is 0.624. The lowest BCUT2D eigenvalue weighted by Gasteiger charge is -2.12. The molecule has 0 bridgehead atoms. The topological polar surface area (TPSA) is 50.4 Å². The molecule has 0 radical (unpaired) electrons. The molecule has 0 amide bonds. The van der Waals surface area contributed by atoms with Crippen molar-refractivity contribution in [2.24, 2.45) is 0 Å². The zero-order valence-electron chi connectivity index (χ0n) is 14.3. The highest BCUT2D eigenvalue weighted by Gasteiger charge is 2.09. The van der Waals surface area contributed by atoms with Gasteiger partial charge in [0, 0.05) is 11.4 Å². The highest BCUT2D eigenvalue weighted by atomic mass is 32.1. The smallest absolute Gasteiger partial charge is 0.338 e. The van der Waals surface area contributed by atoms with Gasteiger partial charge in [-0.15, -0.1) is 0 Å². The van der Waals surface area contributed by atoms with Crippen LogP contribution in [-0.4, -0.2) is 17.2 Å². The molecule has 0 heterocycles. The summed E-state index contributed by atoms with van der Waals surface area (Å²) in [6.45, 7) is 7.74. The Morgan fingerprint density at radius 1 is 0.958 bits per heavy atom. The lowest BCUT2D eigenvalue weighted by molar-refractivity contribution is 0.0378. The number of hydrogen-bond acceptors (Lipinski definition) is 3. The molecule has 2 N–H and O–H groups in total. The van der Waals surface area contributed by atoms with Gasteiger partial charge < -0.3 is 15.4 Å². The van der Waals surface area contributed by atoms with Crippen LogP contribution >= 0.6 is 12.2 Å². The summed E-state index contributed by atoms with van der Waals surface area (Å²) < 4.78 is 5.16. The number of rotatable bonds is 4. The number of aryl methyl sites for hydroxylation is 2. The van der Waals surface area contributed by atoms with Gasteiger partial charge in [-0.2, -0.15) is 0 Å². The van der Waals surface area contributed by atoms with Crippen molar-refractivity contribution >= 4 is 34.7 Å². The summed E-state index contributed by atoms with van der Waals surface area (Å²) in [6, 6.07) is 13.2. The van der Waals surface area contributed by atoms with E-state index in [-0.39, 0.29) is 12.1 Å². The van der Waals surface area contributed by atoms with Crippen molar-refractivity contribution in [3.63, 3.8) is 0 Å². The first-order valence-electron chi connectivity index (χ1n) is 7.81. The normalized spacial score (nSPS) is 10.4. The van der Waals surface area contributed by atoms with Crippen LogP contribution in [0, 0.1) is 13.8 Å². The van der Waals surface area contributed by atoms with Gasteiger partial charge in [0.2, 0.25) is 0 Å². The molecule has 4 nitrogen and oxygen atoms in total. The Morgan fingerprint density at radius 2 is 1.50 bits per heavy atom. The summed E-state index contributed by atoms with van der Waals surface area (Å²) in [7, 11) is 0. The summed E-state index contributed by atoms with van der Waals surface area (Å²) >= 11 is 5.33. The van der Waals surface area contributed by atoms with Crippen LogP contribution in [-0.2, 0) is 4.74 Å². The molecule has 24 heavy (non-hydrogen) atoms. The van der Waals surface area contributed by atoms with Crippen molar-refractivity contribution < 1.29 is 9.53 Å². The molecule has 0 aliphatic heterocycles. The minimum atomic E-state index is -0.326. The number of thiocarbonyl (C=S) groups is 1. The number of hydrogen-bond donors (Lipinski definition) is 2. The van der Waals surface area contributed by atoms with Crippen LogP contribution < -0.4 is 10.6 Å². The number of anilines is 2. The standard InChI is InChI=1S/C19H22N2O2S/c1-12(2)23-18(22)15-5-7-16(8-6-15)20-19(24)21-17-10-13(3)9-14(4)11-17/h5-12H,1-4H3,(H2,20,21,24). The third-order valence-electron chi connectivity index (χ3n) is 3.20. The van der Waals surface area contributed by atoms with Gasteiger partial charge in [-0.1, -0.05) is 6.07 Å². The largest absolute Gasteiger partial charge is 0.459 e. The van der Waals surface area contributed by atoms with E-state index in [1.54, 1.807) is 24.3 Å². The van der Waals surface area contributed by atoms with Crippen LogP contribution in [0.1, 0.15) is 35.3 Å². The van der Waals surface area contributed by atoms with Gasteiger partial charge in [-0.25, -0.2) is 4.79 Å². The van der Waals surface area contributed by atoms with Gasteiger partial charge in [-0.3, -0.25) is 0 Å². The second kappa shape index (κ2) is 7.93. The molecule has 0 spiro atoms. The Kier molecular flexibility index (Phi) is 5.93. The summed E-state index contributed by atoms with van der Waals surface area (Å²) in [5.74, 6) is -0.326. The Hall–Kier alpha value is -2.40. The zero-order valence-corrected chi connectivity index (χ0v) is 15.2. The molecular formula is C19H22N2O2S. The van der Waals surface area contributed by atoms with E-state index in [0.29, 0.717) is 10.7 Å². The van der Waals surface area contributed by atoms with E-state index in [4.69, 9.17) is 17.0 Å². The van der Waals surface area contributed by atoms with E-state index in [1.165, 1.54) is 11.1 Å². The van der Waals surface area contributed by atoms with Gasteiger partial charge in [0.05, 0.1) is 11.7 Å². The molecule has 0 atom stereocenters. The maximum absolute atomic E-state index is 11.8. The van der Waals surface area contributed by atoms with Crippen molar-refractivity contribution in [1.82, 2.24) is 0 Å². The average Bonchev–Trinajstić information content (AvgIpc) is 2.45. The predicted octanol–water partition coefficient (Wildman–Crippen LogP) is 4.68. The van der Waals surface area contributed by atoms with Crippen molar-refractivity contribution in [3.8, 4) is 0 Å². The van der Waals surface area contributed by atoms with Crippen molar-refractivity contribution in [2.45, 2.75) is 33.8 Å². The second-order valence-corrected chi connectivity index (χ2v) is 6.40. The van der Waals surface area contributed by atoms with Crippen molar-refractivity contribution in [1.29, 1.82) is 0 Å². The molecule has 0 unspecified atom stereocenters. The van der Waals surface area contributed by atoms with Crippen LogP contribution in [0.2, 0.25) is 0 Å². The average molecular weight is 342 g/mol. The number of benzene rings is 2. The predicted molar refractivity (Wildman–Crippen MR) is 103 cm³/mol. The SMILES string of the molecule is Cc1cc(C)cc(NC(=S)Nc2ccc(C(=O)OC(C)C)cc2)c1. The lowest BCUT2D eigenvalue weighted by atomic mass is 10.1. The Balaban J connectivity index is 1.98. The molecule has 2 aromatic carbocycles. The zero-order chi connectivity index (χ0) is 17.7. The van der Waals surface area contributed by atoms with Crippen LogP contribution in [0.25, 0.3) is 0 Å². The lowest BCUT2D eigenvalue weighted by Crippen LogP contribution is -2.19. The van der Waals surface area contributed by atoms with E-state index < -0.39 is 0 Å². The van der Waals surface area contributed by atoms with E-state index in [9.17, 15) is 4.79 Å². The molecular weight excluding hydrogens is 320 g/mol. The highest BCUT2D eigenvalue weighted by molar-refractivity contribution is 7.80. The third kappa shape index (κ3) is 5.35. The Bertz CT molecular complexity index is 719. The summed E-state index contributed by atoms with van der Waals surface area (Å²) in [5.41, 5.74) is 4.61. The van der Waals surface area contributed by atoms with Crippen LogP contribution in [0.5, 0.6) is 0 Å². The number of ether oxygens (including phenoxy) is 1. The van der Waals surface area contributed by atoms with Gasteiger partial charge in [0.1, 0.15) is 0 Å². The summed E-state index contributed by atoms with van der Waals surface area (Å²) in [6.07, 6.45) is -0.134. The number of carbonyl (C=O) groups is 1. The maximum atomic E-state index is 11.8. The van der Waals surface area contributed by atoms with Gasteiger partial charge >= 0.3 is 5.97 Å². The molecule has 0 fully saturated rings. The minimum Gasteiger partial charge on any atom is -0.459 e. The number of esters is 1. The van der Waals surface area contributed by atoms with Gasteiger partial charge in [0.15, 0.2) is 5.11 Å².